The highest BCUT2D eigenvalue weighted by molar-refractivity contribution is 5.51. The number of para-hydroxylation sites is 2. The van der Waals surface area contributed by atoms with Crippen LogP contribution in [0.4, 0.5) is 5.69 Å². The molecule has 0 heterocycles. The number of hydrogen-bond acceptors (Lipinski definition) is 3. The fraction of sp³-hybridized carbons (Fsp3) is 0.294. The van der Waals surface area contributed by atoms with Crippen LogP contribution in [0.1, 0.15) is 16.7 Å². The first kappa shape index (κ1) is 14.3. The van der Waals surface area contributed by atoms with E-state index >= 15 is 0 Å². The van der Waals surface area contributed by atoms with Gasteiger partial charge < -0.3 is 15.2 Å². The van der Waals surface area contributed by atoms with Gasteiger partial charge in [-0.1, -0.05) is 24.3 Å². The van der Waals surface area contributed by atoms with Crippen molar-refractivity contribution in [2.45, 2.75) is 20.8 Å². The van der Waals surface area contributed by atoms with Gasteiger partial charge in [-0.15, -0.1) is 0 Å². The first-order chi connectivity index (χ1) is 9.59. The van der Waals surface area contributed by atoms with Crippen molar-refractivity contribution in [1.82, 2.24) is 0 Å². The molecule has 20 heavy (non-hydrogen) atoms. The summed E-state index contributed by atoms with van der Waals surface area (Å²) in [6, 6.07) is 11.7. The van der Waals surface area contributed by atoms with Gasteiger partial charge in [-0.2, -0.15) is 0 Å². The van der Waals surface area contributed by atoms with Crippen molar-refractivity contribution in [2.24, 2.45) is 0 Å². The number of benzene rings is 2. The largest absolute Gasteiger partial charge is 0.489 e. The van der Waals surface area contributed by atoms with Crippen molar-refractivity contribution in [3.8, 4) is 11.5 Å². The van der Waals surface area contributed by atoms with Gasteiger partial charge in [0, 0.05) is 0 Å². The van der Waals surface area contributed by atoms with E-state index in [9.17, 15) is 0 Å². The normalized spacial score (nSPS) is 10.3. The molecule has 0 aromatic heterocycles. The molecule has 2 aromatic rings. The lowest BCUT2D eigenvalue weighted by molar-refractivity contribution is 0.216. The number of nitrogens with two attached hydrogens (primary N) is 1. The number of hydrogen-bond donors (Lipinski definition) is 1. The van der Waals surface area contributed by atoms with E-state index in [-0.39, 0.29) is 0 Å². The zero-order chi connectivity index (χ0) is 14.5. The number of ether oxygens (including phenoxy) is 2. The fourth-order valence-corrected chi connectivity index (χ4v) is 2.05. The van der Waals surface area contributed by atoms with Crippen molar-refractivity contribution >= 4 is 5.69 Å². The monoisotopic (exact) mass is 271 g/mol. The molecule has 3 heteroatoms. The van der Waals surface area contributed by atoms with E-state index in [2.05, 4.69) is 32.9 Å². The van der Waals surface area contributed by atoms with E-state index in [1.54, 1.807) is 0 Å². The molecule has 106 valence electrons. The van der Waals surface area contributed by atoms with Gasteiger partial charge >= 0.3 is 0 Å². The summed E-state index contributed by atoms with van der Waals surface area (Å²) in [7, 11) is 0. The summed E-state index contributed by atoms with van der Waals surface area (Å²) in [6.45, 7) is 7.19. The predicted octanol–water partition coefficient (Wildman–Crippen LogP) is 3.65. The van der Waals surface area contributed by atoms with Gasteiger partial charge in [0.05, 0.1) is 5.69 Å². The minimum Gasteiger partial charge on any atom is -0.489 e. The topological polar surface area (TPSA) is 44.5 Å². The van der Waals surface area contributed by atoms with Crippen LogP contribution in [0.15, 0.2) is 36.4 Å². The quantitative estimate of drug-likeness (QED) is 0.667. The lowest BCUT2D eigenvalue weighted by atomic mass is 10.1. The highest BCUT2D eigenvalue weighted by atomic mass is 16.5. The fourth-order valence-electron chi connectivity index (χ4n) is 2.05. The van der Waals surface area contributed by atoms with E-state index in [1.165, 1.54) is 11.1 Å². The van der Waals surface area contributed by atoms with Crippen LogP contribution in [0.2, 0.25) is 0 Å². The highest BCUT2D eigenvalue weighted by Crippen LogP contribution is 2.25. The van der Waals surface area contributed by atoms with Crippen LogP contribution in [0.25, 0.3) is 0 Å². The van der Waals surface area contributed by atoms with Crippen molar-refractivity contribution in [3.63, 3.8) is 0 Å². The molecule has 0 radical (unpaired) electrons. The van der Waals surface area contributed by atoms with Crippen molar-refractivity contribution < 1.29 is 9.47 Å². The average molecular weight is 271 g/mol. The molecule has 0 amide bonds. The second-order valence-electron chi connectivity index (χ2n) is 4.89. The first-order valence-electron chi connectivity index (χ1n) is 6.76. The van der Waals surface area contributed by atoms with Crippen molar-refractivity contribution in [2.75, 3.05) is 18.9 Å². The summed E-state index contributed by atoms with van der Waals surface area (Å²) >= 11 is 0. The Morgan fingerprint density at radius 3 is 2.25 bits per heavy atom. The molecule has 3 nitrogen and oxygen atoms in total. The third kappa shape index (κ3) is 3.23. The molecule has 2 aromatic carbocycles. The van der Waals surface area contributed by atoms with E-state index in [4.69, 9.17) is 15.2 Å². The molecular weight excluding hydrogens is 250 g/mol. The van der Waals surface area contributed by atoms with Gasteiger partial charge in [0.15, 0.2) is 0 Å². The maximum Gasteiger partial charge on any atom is 0.142 e. The van der Waals surface area contributed by atoms with E-state index in [0.717, 1.165) is 11.3 Å². The first-order valence-corrected chi connectivity index (χ1v) is 6.76. The van der Waals surface area contributed by atoms with Gasteiger partial charge in [-0.25, -0.2) is 0 Å². The number of rotatable bonds is 5. The van der Waals surface area contributed by atoms with Crippen LogP contribution in [-0.4, -0.2) is 13.2 Å². The maximum atomic E-state index is 5.84. The van der Waals surface area contributed by atoms with Crippen LogP contribution in [-0.2, 0) is 0 Å². The molecular formula is C17H21NO2. The average Bonchev–Trinajstić information content (AvgIpc) is 2.44. The number of aryl methyl sites for hydroxylation is 2. The van der Waals surface area contributed by atoms with Gasteiger partial charge in [0.25, 0.3) is 0 Å². The third-order valence-electron chi connectivity index (χ3n) is 3.38. The van der Waals surface area contributed by atoms with Gasteiger partial charge in [0.1, 0.15) is 24.7 Å². The van der Waals surface area contributed by atoms with Gasteiger partial charge in [0.2, 0.25) is 0 Å². The molecule has 0 saturated carbocycles. The summed E-state index contributed by atoms with van der Waals surface area (Å²) in [5.74, 6) is 1.66. The van der Waals surface area contributed by atoms with Crippen LogP contribution in [0.3, 0.4) is 0 Å². The molecule has 0 aliphatic rings. The molecule has 0 bridgehead atoms. The van der Waals surface area contributed by atoms with Crippen molar-refractivity contribution in [1.29, 1.82) is 0 Å². The Morgan fingerprint density at radius 1 is 0.850 bits per heavy atom. The summed E-state index contributed by atoms with van der Waals surface area (Å²) in [4.78, 5) is 0. The van der Waals surface area contributed by atoms with Crippen LogP contribution < -0.4 is 15.2 Å². The Labute approximate surface area is 120 Å². The summed E-state index contributed by atoms with van der Waals surface area (Å²) < 4.78 is 11.5. The SMILES string of the molecule is Cc1ccc(C)c(OCCOc2ccccc2N)c1C. The minimum atomic E-state index is 0.473. The molecule has 0 aliphatic carbocycles. The summed E-state index contributed by atoms with van der Waals surface area (Å²) in [5.41, 5.74) is 10.0. The zero-order valence-corrected chi connectivity index (χ0v) is 12.3. The Hall–Kier alpha value is -2.16. The van der Waals surface area contributed by atoms with E-state index < -0.39 is 0 Å². The van der Waals surface area contributed by atoms with Crippen LogP contribution in [0.5, 0.6) is 11.5 Å². The lowest BCUT2D eigenvalue weighted by Gasteiger charge is -2.14. The van der Waals surface area contributed by atoms with E-state index in [0.29, 0.717) is 24.7 Å². The molecule has 0 atom stereocenters. The minimum absolute atomic E-state index is 0.473. The summed E-state index contributed by atoms with van der Waals surface area (Å²) in [5, 5.41) is 0. The molecule has 2 N–H and O–H groups in total. The number of anilines is 1. The molecule has 0 saturated heterocycles. The molecule has 0 spiro atoms. The second-order valence-corrected chi connectivity index (χ2v) is 4.89. The summed E-state index contributed by atoms with van der Waals surface area (Å²) in [6.07, 6.45) is 0. The highest BCUT2D eigenvalue weighted by Gasteiger charge is 2.06. The zero-order valence-electron chi connectivity index (χ0n) is 12.3. The van der Waals surface area contributed by atoms with Gasteiger partial charge in [-0.05, 0) is 49.6 Å². The number of nitrogen functional groups attached to an aromatic ring is 1. The Morgan fingerprint density at radius 2 is 1.50 bits per heavy atom. The Kier molecular flexibility index (Phi) is 4.51. The molecule has 0 fully saturated rings. The van der Waals surface area contributed by atoms with Gasteiger partial charge in [-0.3, -0.25) is 0 Å². The molecule has 2 rings (SSSR count). The Bertz CT molecular complexity index is 594. The van der Waals surface area contributed by atoms with E-state index in [1.807, 2.05) is 24.3 Å². The molecule has 0 aliphatic heterocycles. The Balaban J connectivity index is 1.91. The lowest BCUT2D eigenvalue weighted by Crippen LogP contribution is -2.11. The predicted molar refractivity (Wildman–Crippen MR) is 82.5 cm³/mol. The van der Waals surface area contributed by atoms with Crippen LogP contribution in [0, 0.1) is 20.8 Å². The standard InChI is InChI=1S/C17H21NO2/c1-12-8-9-13(2)17(14(12)3)20-11-10-19-16-7-5-4-6-15(16)18/h4-9H,10-11,18H2,1-3H3. The second kappa shape index (κ2) is 6.33. The maximum absolute atomic E-state index is 5.84. The third-order valence-corrected chi connectivity index (χ3v) is 3.38. The molecule has 0 unspecified atom stereocenters. The smallest absolute Gasteiger partial charge is 0.142 e. The van der Waals surface area contributed by atoms with Crippen molar-refractivity contribution in [3.05, 3.63) is 53.1 Å². The van der Waals surface area contributed by atoms with Crippen LogP contribution >= 0.6 is 0 Å².